The summed E-state index contributed by atoms with van der Waals surface area (Å²) in [4.78, 5) is 23.8. The summed E-state index contributed by atoms with van der Waals surface area (Å²) in [5.41, 5.74) is 0.678. The maximum atomic E-state index is 11.9. The molecule has 0 unspecified atom stereocenters. The molecule has 5 heteroatoms. The van der Waals surface area contributed by atoms with Crippen LogP contribution in [-0.4, -0.2) is 24.6 Å². The van der Waals surface area contributed by atoms with E-state index in [2.05, 4.69) is 10.6 Å². The minimum absolute atomic E-state index is 0.00979. The summed E-state index contributed by atoms with van der Waals surface area (Å²) >= 11 is 0. The third-order valence-corrected chi connectivity index (χ3v) is 3.07. The van der Waals surface area contributed by atoms with E-state index in [-0.39, 0.29) is 5.92 Å². The first-order chi connectivity index (χ1) is 9.58. The zero-order valence-electron chi connectivity index (χ0n) is 12.2. The van der Waals surface area contributed by atoms with Gasteiger partial charge in [-0.2, -0.15) is 0 Å². The average molecular weight is 278 g/mol. The molecule has 110 valence electrons. The van der Waals surface area contributed by atoms with Gasteiger partial charge in [-0.3, -0.25) is 0 Å². The van der Waals surface area contributed by atoms with Crippen LogP contribution >= 0.6 is 0 Å². The Hall–Kier alpha value is -2.04. The second-order valence-corrected chi connectivity index (χ2v) is 4.58. The van der Waals surface area contributed by atoms with Gasteiger partial charge in [-0.15, -0.1) is 0 Å². The number of amides is 2. The van der Waals surface area contributed by atoms with E-state index in [4.69, 9.17) is 4.74 Å². The summed E-state index contributed by atoms with van der Waals surface area (Å²) < 4.78 is 5.00. The lowest BCUT2D eigenvalue weighted by Crippen LogP contribution is -2.47. The number of anilines is 1. The predicted molar refractivity (Wildman–Crippen MR) is 78.5 cm³/mol. The molecule has 0 saturated carbocycles. The van der Waals surface area contributed by atoms with Crippen LogP contribution in [0.15, 0.2) is 30.3 Å². The molecule has 0 aliphatic carbocycles. The smallest absolute Gasteiger partial charge is 0.328 e. The van der Waals surface area contributed by atoms with Crippen LogP contribution in [0.4, 0.5) is 10.5 Å². The van der Waals surface area contributed by atoms with Crippen molar-refractivity contribution < 1.29 is 14.3 Å². The van der Waals surface area contributed by atoms with Gasteiger partial charge in [0.25, 0.3) is 0 Å². The van der Waals surface area contributed by atoms with E-state index in [9.17, 15) is 9.59 Å². The van der Waals surface area contributed by atoms with Crippen LogP contribution in [0.2, 0.25) is 0 Å². The maximum Gasteiger partial charge on any atom is 0.328 e. The molecular weight excluding hydrogens is 256 g/mol. The third-order valence-electron chi connectivity index (χ3n) is 3.07. The normalized spacial score (nSPS) is 13.2. The van der Waals surface area contributed by atoms with Crippen molar-refractivity contribution in [3.63, 3.8) is 0 Å². The van der Waals surface area contributed by atoms with E-state index in [0.29, 0.717) is 12.3 Å². The van der Waals surface area contributed by atoms with E-state index in [1.807, 2.05) is 32.0 Å². The molecule has 2 atom stereocenters. The van der Waals surface area contributed by atoms with E-state index in [1.54, 1.807) is 19.1 Å². The monoisotopic (exact) mass is 278 g/mol. The highest BCUT2D eigenvalue weighted by Gasteiger charge is 2.27. The fourth-order valence-electron chi connectivity index (χ4n) is 1.73. The van der Waals surface area contributed by atoms with Crippen molar-refractivity contribution in [2.45, 2.75) is 33.2 Å². The molecular formula is C15H22N2O3. The van der Waals surface area contributed by atoms with E-state index in [1.165, 1.54) is 0 Å². The Morgan fingerprint density at radius 2 is 1.85 bits per heavy atom. The number of rotatable bonds is 6. The van der Waals surface area contributed by atoms with Gasteiger partial charge in [0.15, 0.2) is 0 Å². The molecule has 0 heterocycles. The van der Waals surface area contributed by atoms with Crippen LogP contribution in [-0.2, 0) is 9.53 Å². The average Bonchev–Trinajstić information content (AvgIpc) is 2.45. The topological polar surface area (TPSA) is 67.4 Å². The SMILES string of the molecule is CCOC(=O)[C@@H](NC(=O)Nc1ccccc1)[C@@H](C)CC. The Morgan fingerprint density at radius 1 is 1.20 bits per heavy atom. The number of carbonyl (C=O) groups is 2. The molecule has 0 spiro atoms. The highest BCUT2D eigenvalue weighted by molar-refractivity contribution is 5.92. The van der Waals surface area contributed by atoms with Crippen molar-refractivity contribution in [3.05, 3.63) is 30.3 Å². The van der Waals surface area contributed by atoms with Gasteiger partial charge in [0.05, 0.1) is 6.61 Å². The van der Waals surface area contributed by atoms with E-state index in [0.717, 1.165) is 6.42 Å². The van der Waals surface area contributed by atoms with Gasteiger partial charge in [0.2, 0.25) is 0 Å². The first-order valence-corrected chi connectivity index (χ1v) is 6.87. The Labute approximate surface area is 119 Å². The number of nitrogens with one attached hydrogen (secondary N) is 2. The Balaban J connectivity index is 2.64. The van der Waals surface area contributed by atoms with E-state index < -0.39 is 18.0 Å². The lowest BCUT2D eigenvalue weighted by molar-refractivity contribution is -0.146. The molecule has 0 aliphatic rings. The molecule has 2 N–H and O–H groups in total. The highest BCUT2D eigenvalue weighted by atomic mass is 16.5. The van der Waals surface area contributed by atoms with Crippen LogP contribution in [0.25, 0.3) is 0 Å². The Kier molecular flexibility index (Phi) is 6.56. The van der Waals surface area contributed by atoms with Gasteiger partial charge >= 0.3 is 12.0 Å². The van der Waals surface area contributed by atoms with Gasteiger partial charge in [-0.25, -0.2) is 9.59 Å². The molecule has 5 nitrogen and oxygen atoms in total. The van der Waals surface area contributed by atoms with Crippen LogP contribution in [0.5, 0.6) is 0 Å². The summed E-state index contributed by atoms with van der Waals surface area (Å²) in [6.45, 7) is 5.92. The Bertz CT molecular complexity index is 434. The summed E-state index contributed by atoms with van der Waals surface area (Å²) in [6, 6.07) is 8.03. The van der Waals surface area contributed by atoms with Crippen LogP contribution < -0.4 is 10.6 Å². The summed E-state index contributed by atoms with van der Waals surface area (Å²) in [7, 11) is 0. The molecule has 0 radical (unpaired) electrons. The minimum atomic E-state index is -0.635. The van der Waals surface area contributed by atoms with Crippen LogP contribution in [0.1, 0.15) is 27.2 Å². The van der Waals surface area contributed by atoms with Crippen molar-refractivity contribution in [1.29, 1.82) is 0 Å². The van der Waals surface area contributed by atoms with Gasteiger partial charge in [0.1, 0.15) is 6.04 Å². The van der Waals surface area contributed by atoms with Gasteiger partial charge in [-0.1, -0.05) is 38.5 Å². The molecule has 20 heavy (non-hydrogen) atoms. The number of esters is 1. The molecule has 1 aromatic rings. The second kappa shape index (κ2) is 8.19. The first kappa shape index (κ1) is 16.0. The summed E-state index contributed by atoms with van der Waals surface area (Å²) in [6.07, 6.45) is 0.773. The molecule has 1 aromatic carbocycles. The second-order valence-electron chi connectivity index (χ2n) is 4.58. The van der Waals surface area contributed by atoms with Gasteiger partial charge < -0.3 is 15.4 Å². The molecule has 0 saturated heterocycles. The third kappa shape index (κ3) is 4.91. The van der Waals surface area contributed by atoms with Crippen molar-refractivity contribution >= 4 is 17.7 Å². The molecule has 1 rings (SSSR count). The summed E-state index contributed by atoms with van der Waals surface area (Å²) in [5.74, 6) is -0.388. The largest absolute Gasteiger partial charge is 0.464 e. The van der Waals surface area contributed by atoms with Crippen molar-refractivity contribution in [1.82, 2.24) is 5.32 Å². The zero-order chi connectivity index (χ0) is 15.0. The molecule has 0 aliphatic heterocycles. The number of carbonyl (C=O) groups excluding carboxylic acids is 2. The predicted octanol–water partition coefficient (Wildman–Crippen LogP) is 2.79. The Morgan fingerprint density at radius 3 is 2.40 bits per heavy atom. The number of hydrogen-bond donors (Lipinski definition) is 2. The molecule has 2 amide bonds. The minimum Gasteiger partial charge on any atom is -0.464 e. The fourth-order valence-corrected chi connectivity index (χ4v) is 1.73. The lowest BCUT2D eigenvalue weighted by atomic mass is 9.99. The fraction of sp³-hybridized carbons (Fsp3) is 0.467. The summed E-state index contributed by atoms with van der Waals surface area (Å²) in [5, 5.41) is 5.37. The number of hydrogen-bond acceptors (Lipinski definition) is 3. The van der Waals surface area contributed by atoms with Crippen LogP contribution in [0, 0.1) is 5.92 Å². The maximum absolute atomic E-state index is 11.9. The molecule has 0 aromatic heterocycles. The number of benzene rings is 1. The highest BCUT2D eigenvalue weighted by Crippen LogP contribution is 2.10. The van der Waals surface area contributed by atoms with Gasteiger partial charge in [-0.05, 0) is 25.0 Å². The number of ether oxygens (including phenoxy) is 1. The molecule has 0 fully saturated rings. The quantitative estimate of drug-likeness (QED) is 0.786. The number of para-hydroxylation sites is 1. The first-order valence-electron chi connectivity index (χ1n) is 6.87. The van der Waals surface area contributed by atoms with Crippen molar-refractivity contribution in [3.8, 4) is 0 Å². The van der Waals surface area contributed by atoms with Crippen molar-refractivity contribution in [2.75, 3.05) is 11.9 Å². The standard InChI is InChI=1S/C15H22N2O3/c1-4-11(3)13(14(18)20-5-2)17-15(19)16-12-9-7-6-8-10-12/h6-11,13H,4-5H2,1-3H3,(H2,16,17,19)/t11-,13-/m0/s1. The lowest BCUT2D eigenvalue weighted by Gasteiger charge is -2.22. The van der Waals surface area contributed by atoms with Crippen LogP contribution in [0.3, 0.4) is 0 Å². The van der Waals surface area contributed by atoms with Crippen molar-refractivity contribution in [2.24, 2.45) is 5.92 Å². The zero-order valence-corrected chi connectivity index (χ0v) is 12.2. The van der Waals surface area contributed by atoms with E-state index >= 15 is 0 Å². The molecule has 0 bridgehead atoms. The van der Waals surface area contributed by atoms with Gasteiger partial charge in [0, 0.05) is 5.69 Å². The number of urea groups is 1.